The Bertz CT molecular complexity index is 588. The van der Waals surface area contributed by atoms with Gasteiger partial charge >= 0.3 is 0 Å². The van der Waals surface area contributed by atoms with Crippen LogP contribution >= 0.6 is 0 Å². The monoisotopic (exact) mass is 271 g/mol. The third kappa shape index (κ3) is 2.53. The third-order valence-electron chi connectivity index (χ3n) is 3.89. The topological polar surface area (TPSA) is 34.4 Å². The number of rotatable bonds is 4. The number of fused-ring (bicyclic) bond motifs is 1. The predicted octanol–water partition coefficient (Wildman–Crippen LogP) is 4.48. The lowest BCUT2D eigenvalue weighted by molar-refractivity contribution is 0.340. The summed E-state index contributed by atoms with van der Waals surface area (Å²) in [6.45, 7) is 4.82. The van der Waals surface area contributed by atoms with Gasteiger partial charge in [-0.3, -0.25) is 0 Å². The molecule has 1 heterocycles. The van der Waals surface area contributed by atoms with Crippen molar-refractivity contribution in [2.75, 3.05) is 11.9 Å². The van der Waals surface area contributed by atoms with Crippen LogP contribution in [-0.4, -0.2) is 6.61 Å². The summed E-state index contributed by atoms with van der Waals surface area (Å²) in [6.07, 6.45) is 5.19. The smallest absolute Gasteiger partial charge is 0.119 e. The lowest BCUT2D eigenvalue weighted by atomic mass is 9.93. The van der Waals surface area contributed by atoms with E-state index in [0.29, 0.717) is 12.6 Å². The molecular formula is C17H21NO2. The molecule has 1 unspecified atom stereocenters. The van der Waals surface area contributed by atoms with E-state index in [1.54, 1.807) is 6.26 Å². The zero-order valence-corrected chi connectivity index (χ0v) is 12.1. The number of hydrogen-bond donors (Lipinski definition) is 1. The number of anilines is 1. The van der Waals surface area contributed by atoms with Crippen LogP contribution in [-0.2, 0) is 6.42 Å². The van der Waals surface area contributed by atoms with Gasteiger partial charge in [0.1, 0.15) is 11.5 Å². The van der Waals surface area contributed by atoms with Crippen LogP contribution in [0.2, 0.25) is 0 Å². The minimum Gasteiger partial charge on any atom is -0.494 e. The van der Waals surface area contributed by atoms with Crippen LogP contribution in [0.25, 0.3) is 0 Å². The van der Waals surface area contributed by atoms with Gasteiger partial charge in [0.15, 0.2) is 0 Å². The maximum Gasteiger partial charge on any atom is 0.119 e. The fourth-order valence-electron chi connectivity index (χ4n) is 2.88. The van der Waals surface area contributed by atoms with Crippen LogP contribution < -0.4 is 10.1 Å². The molecule has 3 nitrogen and oxygen atoms in total. The molecule has 20 heavy (non-hydrogen) atoms. The number of aryl methyl sites for hydroxylation is 2. The maximum atomic E-state index is 5.55. The normalized spacial score (nSPS) is 17.6. The fraction of sp³-hybridized carbons (Fsp3) is 0.412. The quantitative estimate of drug-likeness (QED) is 0.890. The number of ether oxygens (including phenoxy) is 1. The summed E-state index contributed by atoms with van der Waals surface area (Å²) in [4.78, 5) is 0. The molecule has 0 saturated carbocycles. The van der Waals surface area contributed by atoms with E-state index in [0.717, 1.165) is 24.4 Å². The van der Waals surface area contributed by atoms with Gasteiger partial charge < -0.3 is 14.5 Å². The second-order valence-corrected chi connectivity index (χ2v) is 5.30. The highest BCUT2D eigenvalue weighted by Crippen LogP contribution is 2.34. The Morgan fingerprint density at radius 1 is 1.35 bits per heavy atom. The van der Waals surface area contributed by atoms with E-state index in [1.165, 1.54) is 23.2 Å². The van der Waals surface area contributed by atoms with Crippen molar-refractivity contribution in [3.8, 4) is 5.75 Å². The van der Waals surface area contributed by atoms with E-state index in [9.17, 15) is 0 Å². The van der Waals surface area contributed by atoms with Crippen molar-refractivity contribution in [2.45, 2.75) is 39.2 Å². The van der Waals surface area contributed by atoms with Crippen molar-refractivity contribution in [3.63, 3.8) is 0 Å². The number of furan rings is 1. The average molecular weight is 271 g/mol. The molecule has 3 rings (SSSR count). The maximum absolute atomic E-state index is 5.55. The molecular weight excluding hydrogens is 250 g/mol. The van der Waals surface area contributed by atoms with Gasteiger partial charge in [-0.2, -0.15) is 0 Å². The second-order valence-electron chi connectivity index (χ2n) is 5.30. The first kappa shape index (κ1) is 13.1. The van der Waals surface area contributed by atoms with Crippen molar-refractivity contribution in [1.82, 2.24) is 0 Å². The second kappa shape index (κ2) is 5.61. The standard InChI is InChI=1S/C17H21NO2/c1-3-19-13-7-8-15(12(2)11-13)18-16-5-4-6-17-14(16)9-10-20-17/h7-11,16,18H,3-6H2,1-2H3. The minimum absolute atomic E-state index is 0.356. The summed E-state index contributed by atoms with van der Waals surface area (Å²) in [5.74, 6) is 2.07. The first-order valence-electron chi connectivity index (χ1n) is 7.34. The summed E-state index contributed by atoms with van der Waals surface area (Å²) in [7, 11) is 0. The van der Waals surface area contributed by atoms with E-state index in [-0.39, 0.29) is 0 Å². The van der Waals surface area contributed by atoms with Crippen LogP contribution in [0.3, 0.4) is 0 Å². The van der Waals surface area contributed by atoms with Crippen LogP contribution in [0.5, 0.6) is 5.75 Å². The van der Waals surface area contributed by atoms with Gasteiger partial charge in [0.2, 0.25) is 0 Å². The minimum atomic E-state index is 0.356. The summed E-state index contributed by atoms with van der Waals surface area (Å²) < 4.78 is 11.1. The Hall–Kier alpha value is -1.90. The summed E-state index contributed by atoms with van der Waals surface area (Å²) in [5, 5.41) is 3.65. The molecule has 106 valence electrons. The van der Waals surface area contributed by atoms with E-state index in [4.69, 9.17) is 9.15 Å². The van der Waals surface area contributed by atoms with Crippen LogP contribution in [0, 0.1) is 6.92 Å². The molecule has 0 aliphatic heterocycles. The molecule has 0 radical (unpaired) electrons. The molecule has 3 heteroatoms. The van der Waals surface area contributed by atoms with Crippen molar-refractivity contribution in [1.29, 1.82) is 0 Å². The summed E-state index contributed by atoms with van der Waals surface area (Å²) in [6, 6.07) is 8.67. The average Bonchev–Trinajstić information content (AvgIpc) is 2.91. The fourth-order valence-corrected chi connectivity index (χ4v) is 2.88. The molecule has 1 atom stereocenters. The van der Waals surface area contributed by atoms with Crippen molar-refractivity contribution in [3.05, 3.63) is 47.4 Å². The molecule has 0 fully saturated rings. The van der Waals surface area contributed by atoms with Gasteiger partial charge in [0.05, 0.1) is 18.9 Å². The Morgan fingerprint density at radius 3 is 3.05 bits per heavy atom. The highest BCUT2D eigenvalue weighted by atomic mass is 16.5. The molecule has 0 bridgehead atoms. The Morgan fingerprint density at radius 2 is 2.25 bits per heavy atom. The Kier molecular flexibility index (Phi) is 3.68. The van der Waals surface area contributed by atoms with E-state index >= 15 is 0 Å². The SMILES string of the molecule is CCOc1ccc(NC2CCCc3occc32)c(C)c1. The van der Waals surface area contributed by atoms with Gasteiger partial charge in [0.25, 0.3) is 0 Å². The van der Waals surface area contributed by atoms with Gasteiger partial charge in [-0.25, -0.2) is 0 Å². The van der Waals surface area contributed by atoms with E-state index in [1.807, 2.05) is 13.0 Å². The Labute approximate surface area is 119 Å². The summed E-state index contributed by atoms with van der Waals surface area (Å²) >= 11 is 0. The molecule has 1 aromatic carbocycles. The largest absolute Gasteiger partial charge is 0.494 e. The first-order valence-corrected chi connectivity index (χ1v) is 7.34. The molecule has 0 spiro atoms. The number of nitrogens with one attached hydrogen (secondary N) is 1. The first-order chi connectivity index (χ1) is 9.78. The molecule has 1 N–H and O–H groups in total. The highest BCUT2D eigenvalue weighted by molar-refractivity contribution is 5.55. The molecule has 1 aliphatic rings. The van der Waals surface area contributed by atoms with Crippen LogP contribution in [0.15, 0.2) is 34.9 Å². The van der Waals surface area contributed by atoms with E-state index in [2.05, 4.69) is 30.4 Å². The lowest BCUT2D eigenvalue weighted by Gasteiger charge is -2.24. The molecule has 2 aromatic rings. The third-order valence-corrected chi connectivity index (χ3v) is 3.89. The molecule has 1 aliphatic carbocycles. The Balaban J connectivity index is 1.79. The van der Waals surface area contributed by atoms with Gasteiger partial charge in [-0.05, 0) is 56.5 Å². The van der Waals surface area contributed by atoms with Gasteiger partial charge in [0, 0.05) is 17.7 Å². The number of benzene rings is 1. The van der Waals surface area contributed by atoms with Crippen molar-refractivity contribution in [2.24, 2.45) is 0 Å². The van der Waals surface area contributed by atoms with Crippen LogP contribution in [0.1, 0.15) is 42.7 Å². The van der Waals surface area contributed by atoms with Crippen molar-refractivity contribution >= 4 is 5.69 Å². The highest BCUT2D eigenvalue weighted by Gasteiger charge is 2.22. The number of hydrogen-bond acceptors (Lipinski definition) is 3. The van der Waals surface area contributed by atoms with Gasteiger partial charge in [-0.15, -0.1) is 0 Å². The van der Waals surface area contributed by atoms with Crippen molar-refractivity contribution < 1.29 is 9.15 Å². The van der Waals surface area contributed by atoms with E-state index < -0.39 is 0 Å². The molecule has 1 aromatic heterocycles. The predicted molar refractivity (Wildman–Crippen MR) is 80.4 cm³/mol. The van der Waals surface area contributed by atoms with Crippen LogP contribution in [0.4, 0.5) is 5.69 Å². The zero-order valence-electron chi connectivity index (χ0n) is 12.1. The molecule has 0 saturated heterocycles. The summed E-state index contributed by atoms with van der Waals surface area (Å²) in [5.41, 5.74) is 3.70. The lowest BCUT2D eigenvalue weighted by Crippen LogP contribution is -2.16. The molecule has 0 amide bonds. The van der Waals surface area contributed by atoms with Gasteiger partial charge in [-0.1, -0.05) is 0 Å². The zero-order chi connectivity index (χ0) is 13.9.